The van der Waals surface area contributed by atoms with Crippen molar-refractivity contribution in [2.24, 2.45) is 0 Å². The molecule has 3 N–H and O–H groups in total. The van der Waals surface area contributed by atoms with Gasteiger partial charge in [0, 0.05) is 11.7 Å². The maximum Gasteiger partial charge on any atom is 0.407 e. The van der Waals surface area contributed by atoms with Crippen molar-refractivity contribution >= 4 is 5.69 Å². The molecule has 0 fully saturated rings. The minimum Gasteiger partial charge on any atom is -0.399 e. The topological polar surface area (TPSA) is 38.0 Å². The van der Waals surface area contributed by atoms with Crippen LogP contribution in [0.5, 0.6) is 0 Å². The standard InChI is InChI=1S/C11H15F3N2/c1-7(2)16-10(11(12,13)14)8-3-5-9(15)6-4-8/h3-7,10,16H,15H2,1-2H3. The van der Waals surface area contributed by atoms with Crippen LogP contribution in [-0.2, 0) is 0 Å². The SMILES string of the molecule is CC(C)NC(c1ccc(N)cc1)C(F)(F)F. The minimum absolute atomic E-state index is 0.176. The third kappa shape index (κ3) is 3.41. The van der Waals surface area contributed by atoms with Crippen LogP contribution >= 0.6 is 0 Å². The second-order valence-electron chi connectivity index (χ2n) is 3.96. The smallest absolute Gasteiger partial charge is 0.399 e. The fraction of sp³-hybridized carbons (Fsp3) is 0.455. The highest BCUT2D eigenvalue weighted by Gasteiger charge is 2.40. The molecule has 0 aliphatic heterocycles. The van der Waals surface area contributed by atoms with Crippen molar-refractivity contribution in [2.45, 2.75) is 32.1 Å². The van der Waals surface area contributed by atoms with Crippen LogP contribution in [0.4, 0.5) is 18.9 Å². The molecule has 1 unspecified atom stereocenters. The Morgan fingerprint density at radius 2 is 1.62 bits per heavy atom. The van der Waals surface area contributed by atoms with Gasteiger partial charge in [0.05, 0.1) is 0 Å². The van der Waals surface area contributed by atoms with E-state index in [2.05, 4.69) is 5.32 Å². The summed E-state index contributed by atoms with van der Waals surface area (Å²) in [5, 5.41) is 2.49. The summed E-state index contributed by atoms with van der Waals surface area (Å²) in [5.41, 5.74) is 6.06. The van der Waals surface area contributed by atoms with Crippen LogP contribution in [-0.4, -0.2) is 12.2 Å². The molecule has 1 aromatic carbocycles. The summed E-state index contributed by atoms with van der Waals surface area (Å²) >= 11 is 0. The average molecular weight is 232 g/mol. The molecule has 0 amide bonds. The van der Waals surface area contributed by atoms with E-state index >= 15 is 0 Å². The first-order chi connectivity index (χ1) is 7.30. The second kappa shape index (κ2) is 4.74. The first kappa shape index (κ1) is 12.8. The van der Waals surface area contributed by atoms with E-state index in [4.69, 9.17) is 5.73 Å². The Hall–Kier alpha value is -1.23. The zero-order chi connectivity index (χ0) is 12.3. The fourth-order valence-corrected chi connectivity index (χ4v) is 1.40. The maximum absolute atomic E-state index is 12.8. The van der Waals surface area contributed by atoms with Gasteiger partial charge < -0.3 is 11.1 Å². The molecular weight excluding hydrogens is 217 g/mol. The predicted octanol–water partition coefficient (Wildman–Crippen LogP) is 2.87. The van der Waals surface area contributed by atoms with Crippen LogP contribution < -0.4 is 11.1 Å². The Morgan fingerprint density at radius 3 is 2.00 bits per heavy atom. The molecule has 0 saturated carbocycles. The summed E-state index contributed by atoms with van der Waals surface area (Å²) in [6.45, 7) is 3.35. The quantitative estimate of drug-likeness (QED) is 0.786. The molecule has 16 heavy (non-hydrogen) atoms. The molecule has 2 nitrogen and oxygen atoms in total. The lowest BCUT2D eigenvalue weighted by atomic mass is 10.1. The van der Waals surface area contributed by atoms with Gasteiger partial charge in [-0.05, 0) is 17.7 Å². The van der Waals surface area contributed by atoms with Gasteiger partial charge in [-0.2, -0.15) is 13.2 Å². The third-order valence-electron chi connectivity index (χ3n) is 2.10. The lowest BCUT2D eigenvalue weighted by Crippen LogP contribution is -2.38. The lowest BCUT2D eigenvalue weighted by Gasteiger charge is -2.24. The van der Waals surface area contributed by atoms with Gasteiger partial charge in [-0.3, -0.25) is 0 Å². The van der Waals surface area contributed by atoms with Gasteiger partial charge >= 0.3 is 6.18 Å². The van der Waals surface area contributed by atoms with Gasteiger partial charge in [-0.25, -0.2) is 0 Å². The molecule has 5 heteroatoms. The van der Waals surface area contributed by atoms with Crippen LogP contribution in [0.2, 0.25) is 0 Å². The summed E-state index contributed by atoms with van der Waals surface area (Å²) in [6, 6.07) is 3.83. The first-order valence-corrected chi connectivity index (χ1v) is 4.99. The van der Waals surface area contributed by atoms with E-state index in [0.29, 0.717) is 5.69 Å². The average Bonchev–Trinajstić information content (AvgIpc) is 2.14. The predicted molar refractivity (Wildman–Crippen MR) is 57.9 cm³/mol. The van der Waals surface area contributed by atoms with Crippen molar-refractivity contribution in [3.05, 3.63) is 29.8 Å². The molecule has 1 rings (SSSR count). The van der Waals surface area contributed by atoms with Crippen molar-refractivity contribution in [2.75, 3.05) is 5.73 Å². The van der Waals surface area contributed by atoms with Gasteiger partial charge in [-0.15, -0.1) is 0 Å². The fourth-order valence-electron chi connectivity index (χ4n) is 1.40. The number of nitrogen functional groups attached to an aromatic ring is 1. The lowest BCUT2D eigenvalue weighted by molar-refractivity contribution is -0.159. The van der Waals surface area contributed by atoms with Crippen molar-refractivity contribution in [3.63, 3.8) is 0 Å². The second-order valence-corrected chi connectivity index (χ2v) is 3.96. The maximum atomic E-state index is 12.8. The van der Waals surface area contributed by atoms with Gasteiger partial charge in [0.2, 0.25) is 0 Å². The van der Waals surface area contributed by atoms with Crippen molar-refractivity contribution in [1.29, 1.82) is 0 Å². The van der Waals surface area contributed by atoms with E-state index < -0.39 is 12.2 Å². The molecule has 90 valence electrons. The molecule has 0 saturated heterocycles. The Labute approximate surface area is 92.6 Å². The highest BCUT2D eigenvalue weighted by atomic mass is 19.4. The van der Waals surface area contributed by atoms with E-state index in [-0.39, 0.29) is 11.6 Å². The Morgan fingerprint density at radius 1 is 1.12 bits per heavy atom. The number of nitrogens with two attached hydrogens (primary N) is 1. The number of benzene rings is 1. The van der Waals surface area contributed by atoms with E-state index in [1.54, 1.807) is 13.8 Å². The van der Waals surface area contributed by atoms with E-state index in [9.17, 15) is 13.2 Å². The van der Waals surface area contributed by atoms with Gasteiger partial charge in [0.25, 0.3) is 0 Å². The van der Waals surface area contributed by atoms with Crippen molar-refractivity contribution < 1.29 is 13.2 Å². The molecule has 0 aliphatic carbocycles. The molecule has 0 aromatic heterocycles. The molecular formula is C11H15F3N2. The zero-order valence-corrected chi connectivity index (χ0v) is 9.18. The number of halogens is 3. The molecule has 0 aliphatic rings. The number of nitrogens with one attached hydrogen (secondary N) is 1. The summed E-state index contributed by atoms with van der Waals surface area (Å²) in [5.74, 6) is 0. The number of hydrogen-bond acceptors (Lipinski definition) is 2. The normalized spacial score (nSPS) is 14.1. The van der Waals surface area contributed by atoms with E-state index in [1.165, 1.54) is 24.3 Å². The Kier molecular flexibility index (Phi) is 3.80. The zero-order valence-electron chi connectivity index (χ0n) is 9.18. The van der Waals surface area contributed by atoms with Gasteiger partial charge in [-0.1, -0.05) is 26.0 Å². The minimum atomic E-state index is -4.31. The highest BCUT2D eigenvalue weighted by molar-refractivity contribution is 5.40. The van der Waals surface area contributed by atoms with Crippen LogP contribution in [0.1, 0.15) is 25.5 Å². The number of rotatable bonds is 3. The molecule has 1 atom stereocenters. The summed E-state index contributed by atoms with van der Waals surface area (Å²) < 4.78 is 38.3. The number of anilines is 1. The summed E-state index contributed by atoms with van der Waals surface area (Å²) in [7, 11) is 0. The van der Waals surface area contributed by atoms with Crippen LogP contribution in [0, 0.1) is 0 Å². The summed E-state index contributed by atoms with van der Waals surface area (Å²) in [4.78, 5) is 0. The van der Waals surface area contributed by atoms with Crippen LogP contribution in [0.3, 0.4) is 0 Å². The van der Waals surface area contributed by atoms with Gasteiger partial charge in [0.15, 0.2) is 0 Å². The number of hydrogen-bond donors (Lipinski definition) is 2. The van der Waals surface area contributed by atoms with Gasteiger partial charge in [0.1, 0.15) is 6.04 Å². The molecule has 0 spiro atoms. The van der Waals surface area contributed by atoms with Crippen molar-refractivity contribution in [3.8, 4) is 0 Å². The van der Waals surface area contributed by atoms with Crippen molar-refractivity contribution in [1.82, 2.24) is 5.32 Å². The largest absolute Gasteiger partial charge is 0.407 e. The van der Waals surface area contributed by atoms with E-state index in [1.807, 2.05) is 0 Å². The van der Waals surface area contributed by atoms with Crippen LogP contribution in [0.25, 0.3) is 0 Å². The first-order valence-electron chi connectivity index (χ1n) is 4.99. The Balaban J connectivity index is 2.97. The highest BCUT2D eigenvalue weighted by Crippen LogP contribution is 2.33. The van der Waals surface area contributed by atoms with Crippen LogP contribution in [0.15, 0.2) is 24.3 Å². The van der Waals surface area contributed by atoms with E-state index in [0.717, 1.165) is 0 Å². The third-order valence-corrected chi connectivity index (χ3v) is 2.10. The Bertz CT molecular complexity index is 330. The monoisotopic (exact) mass is 232 g/mol. The molecule has 0 heterocycles. The summed E-state index contributed by atoms with van der Waals surface area (Å²) in [6.07, 6.45) is -4.31. The molecule has 1 aromatic rings. The number of alkyl halides is 3. The molecule has 0 radical (unpaired) electrons. The molecule has 0 bridgehead atoms.